The van der Waals surface area contributed by atoms with Crippen molar-refractivity contribution in [1.29, 1.82) is 0 Å². The molecule has 0 bridgehead atoms. The summed E-state index contributed by atoms with van der Waals surface area (Å²) in [6.07, 6.45) is 0. The molecule has 0 rings (SSSR count). The first-order valence-corrected chi connectivity index (χ1v) is 0.378. The fourth-order valence-corrected chi connectivity index (χ4v) is 0. The topological polar surface area (TPSA) is 0 Å². The molecule has 0 aromatic rings. The highest BCUT2D eigenvalue weighted by Crippen LogP contribution is 1.16. The van der Waals surface area contributed by atoms with Gasteiger partial charge in [-0.1, -0.05) is 0 Å². The molecule has 0 aromatic heterocycles. The summed E-state index contributed by atoms with van der Waals surface area (Å²) in [5, 5.41) is 0. The van der Waals surface area contributed by atoms with E-state index in [-0.39, 0.29) is 24.8 Å². The maximum atomic E-state index is 9.50. The van der Waals surface area contributed by atoms with E-state index >= 15 is 0 Å². The van der Waals surface area contributed by atoms with Gasteiger partial charge in [-0.3, -0.25) is 4.39 Å². The normalized spacial score (nSPS) is 1.50. The van der Waals surface area contributed by atoms with Crippen LogP contribution in [0.2, 0.25) is 0 Å². The predicted octanol–water partition coefficient (Wildman–Crippen LogP) is 1.43. The summed E-state index contributed by atoms with van der Waals surface area (Å²) in [6.45, 7) is 0. The fourth-order valence-electron chi connectivity index (χ4n) is 0. The van der Waals surface area contributed by atoms with Gasteiger partial charge in [0.2, 0.25) is 0 Å². The maximum Gasteiger partial charge on any atom is 0.0785 e. The fraction of sp³-hybridized carbons (Fsp3) is 1.00. The second-order valence-electron chi connectivity index (χ2n) is 0. The van der Waals surface area contributed by atoms with Crippen molar-refractivity contribution in [2.24, 2.45) is 0 Å². The Morgan fingerprint density at radius 1 is 1.00 bits per heavy atom. The van der Waals surface area contributed by atoms with Gasteiger partial charge in [0.1, 0.15) is 0 Å². The van der Waals surface area contributed by atoms with E-state index in [1.54, 1.807) is 0 Å². The van der Waals surface area contributed by atoms with E-state index in [4.69, 9.17) is 0 Å². The lowest BCUT2D eigenvalue weighted by Crippen LogP contribution is -0.939. The van der Waals surface area contributed by atoms with E-state index in [1.807, 2.05) is 0 Å². The van der Waals surface area contributed by atoms with Crippen LogP contribution in [0.1, 0.15) is 0 Å². The molecule has 0 N–H and O–H groups in total. The number of rotatable bonds is 0. The molecule has 0 aromatic carbocycles. The molecule has 30 valence electrons. The molecule has 0 heterocycles. The summed E-state index contributed by atoms with van der Waals surface area (Å²) in [7, 11) is 0.500. The zero-order valence-corrected chi connectivity index (χ0v) is 3.83. The van der Waals surface area contributed by atoms with Crippen molar-refractivity contribution >= 4 is 24.8 Å². The zero-order valence-electron chi connectivity index (χ0n) is 2.19. The second-order valence-corrected chi connectivity index (χ2v) is 0. The third-order valence-corrected chi connectivity index (χ3v) is 0. The smallest absolute Gasteiger partial charge is 0.0785 e. The Balaban J connectivity index is -0.00000000500. The molecule has 0 fully saturated rings. The molecule has 0 aliphatic rings. The number of hydrogen-bond donors (Lipinski definition) is 0. The Kier molecular flexibility index (Phi) is 518. The summed E-state index contributed by atoms with van der Waals surface area (Å²) < 4.78 is 9.50. The lowest BCUT2D eigenvalue weighted by molar-refractivity contribution is 0.636. The van der Waals surface area contributed by atoms with E-state index in [0.717, 1.165) is 0 Å². The van der Waals surface area contributed by atoms with Crippen LogP contribution in [0.3, 0.4) is 0 Å². The predicted molar refractivity (Wildman–Crippen MR) is 21.5 cm³/mol. The van der Waals surface area contributed by atoms with Crippen molar-refractivity contribution in [1.82, 2.24) is 0 Å². The molecule has 0 aliphatic carbocycles. The summed E-state index contributed by atoms with van der Waals surface area (Å²) >= 11 is 0. The molecule has 0 unspecified atom stereocenters. The molecule has 3 heteroatoms. The third-order valence-electron chi connectivity index (χ3n) is 0. The summed E-state index contributed by atoms with van der Waals surface area (Å²) in [4.78, 5) is 0. The van der Waals surface area contributed by atoms with Crippen LogP contribution in [0.5, 0.6) is 0 Å². The average Bonchev–Trinajstić information content (AvgIpc) is 1.00. The largest absolute Gasteiger partial charge is 0.255 e. The van der Waals surface area contributed by atoms with Crippen LogP contribution >= 0.6 is 24.8 Å². The molecule has 0 atom stereocenters. The van der Waals surface area contributed by atoms with Gasteiger partial charge in [-0.25, -0.2) is 0 Å². The Morgan fingerprint density at radius 3 is 1.00 bits per heavy atom. The first-order valence-electron chi connectivity index (χ1n) is 0.378. The highest BCUT2D eigenvalue weighted by atomic mass is 35.5. The average molecular weight is 107 g/mol. The van der Waals surface area contributed by atoms with Crippen LogP contribution in [0.25, 0.3) is 0 Å². The summed E-state index contributed by atoms with van der Waals surface area (Å²) in [5.41, 5.74) is 0. The van der Waals surface area contributed by atoms with Crippen LogP contribution in [0.15, 0.2) is 0 Å². The number of halogens is 3. The lowest BCUT2D eigenvalue weighted by atomic mass is 11.9. The van der Waals surface area contributed by atoms with E-state index in [2.05, 4.69) is 0 Å². The van der Waals surface area contributed by atoms with Crippen LogP contribution in [-0.4, -0.2) is 7.18 Å². The second kappa shape index (κ2) is 85.0. The van der Waals surface area contributed by atoms with Crippen molar-refractivity contribution in [3.05, 3.63) is 0 Å². The standard InChI is InChI=1S/CH3F.2ClH/c1-2;;/h1H3;2*1H. The number of alkyl halides is 1. The maximum absolute atomic E-state index is 9.50. The molecular weight excluding hydrogens is 102 g/mol. The van der Waals surface area contributed by atoms with Crippen LogP contribution in [-0.2, 0) is 0 Å². The van der Waals surface area contributed by atoms with Crippen LogP contribution < -0.4 is 0 Å². The molecule has 0 spiro atoms. The molecule has 4 heavy (non-hydrogen) atoms. The molecule has 0 amide bonds. The van der Waals surface area contributed by atoms with Crippen LogP contribution in [0.4, 0.5) is 4.39 Å². The molecule has 0 saturated heterocycles. The van der Waals surface area contributed by atoms with Crippen molar-refractivity contribution in [2.45, 2.75) is 0 Å². The van der Waals surface area contributed by atoms with E-state index in [1.165, 1.54) is 0 Å². The minimum atomic E-state index is 0. The summed E-state index contributed by atoms with van der Waals surface area (Å²) in [6, 6.07) is 0. The molecule has 0 nitrogen and oxygen atoms in total. The van der Waals surface area contributed by atoms with Crippen molar-refractivity contribution < 1.29 is 4.39 Å². The molecular formula is CH5Cl2F. The third kappa shape index (κ3) is 22.0. The van der Waals surface area contributed by atoms with E-state index < -0.39 is 0 Å². The van der Waals surface area contributed by atoms with Gasteiger partial charge in [-0.05, 0) is 0 Å². The van der Waals surface area contributed by atoms with Crippen molar-refractivity contribution in [3.8, 4) is 0 Å². The number of hydrogen-bond acceptors (Lipinski definition) is 0. The van der Waals surface area contributed by atoms with Gasteiger partial charge in [0, 0.05) is 0 Å². The quantitative estimate of drug-likeness (QED) is 0.439. The van der Waals surface area contributed by atoms with Gasteiger partial charge >= 0.3 is 0 Å². The van der Waals surface area contributed by atoms with Gasteiger partial charge in [0.15, 0.2) is 0 Å². The first-order chi connectivity index (χ1) is 1.00. The minimum Gasteiger partial charge on any atom is -0.255 e. The van der Waals surface area contributed by atoms with E-state index in [9.17, 15) is 4.39 Å². The van der Waals surface area contributed by atoms with Gasteiger partial charge in [-0.2, -0.15) is 0 Å². The van der Waals surface area contributed by atoms with Gasteiger partial charge in [0.05, 0.1) is 7.18 Å². The highest BCUT2D eigenvalue weighted by Gasteiger charge is 0.926. The van der Waals surface area contributed by atoms with Crippen molar-refractivity contribution in [3.63, 3.8) is 0 Å². The zero-order chi connectivity index (χ0) is 2.00. The van der Waals surface area contributed by atoms with Crippen molar-refractivity contribution in [2.75, 3.05) is 7.18 Å². The SMILES string of the molecule is CF.Cl.Cl. The Hall–Kier alpha value is 0.510. The lowest BCUT2D eigenvalue weighted by Gasteiger charge is -1.10. The highest BCUT2D eigenvalue weighted by molar-refractivity contribution is 5.85. The molecule has 0 aliphatic heterocycles. The Labute approximate surface area is 37.2 Å². The van der Waals surface area contributed by atoms with Crippen LogP contribution in [0, 0.1) is 0 Å². The van der Waals surface area contributed by atoms with Gasteiger partial charge in [-0.15, -0.1) is 24.8 Å². The molecule has 0 saturated carbocycles. The van der Waals surface area contributed by atoms with E-state index in [0.29, 0.717) is 7.18 Å². The monoisotopic (exact) mass is 106 g/mol. The minimum absolute atomic E-state index is 0. The van der Waals surface area contributed by atoms with Gasteiger partial charge < -0.3 is 0 Å². The first kappa shape index (κ1) is 24.4. The molecule has 0 radical (unpaired) electrons. The Bertz CT molecular complexity index is 6.00. The Morgan fingerprint density at radius 2 is 1.00 bits per heavy atom. The van der Waals surface area contributed by atoms with Gasteiger partial charge in [0.25, 0.3) is 0 Å². The summed E-state index contributed by atoms with van der Waals surface area (Å²) in [5.74, 6) is 0.